The number of rotatable bonds is 77. The number of unbranched alkanes of at least 4 members (excludes halogenated alkanes) is 21. The predicted octanol–water partition coefficient (Wildman–Crippen LogP) is 25.1. The molecule has 0 aromatic carbocycles. The third-order valence-electron chi connectivity index (χ3n) is 16.9. The number of carbonyl (C=O) groups is 4. The van der Waals surface area contributed by atoms with E-state index < -0.39 is 97.5 Å². The number of carbonyl (C=O) groups excluding carboxylic acids is 4. The quantitative estimate of drug-likeness (QED) is 0.0169. The summed E-state index contributed by atoms with van der Waals surface area (Å²) >= 11 is 0. The monoisotopic (exact) mass is 1580 g/mol. The van der Waals surface area contributed by atoms with Gasteiger partial charge in [-0.05, 0) is 167 Å². The second kappa shape index (κ2) is 81.2. The van der Waals surface area contributed by atoms with Gasteiger partial charge in [-0.1, -0.05) is 300 Å². The molecule has 0 saturated heterocycles. The van der Waals surface area contributed by atoms with Gasteiger partial charge in [0, 0.05) is 25.7 Å². The van der Waals surface area contributed by atoms with E-state index in [-0.39, 0.29) is 25.7 Å². The third kappa shape index (κ3) is 80.2. The molecule has 110 heavy (non-hydrogen) atoms. The zero-order valence-electron chi connectivity index (χ0n) is 68.4. The van der Waals surface area contributed by atoms with Crippen LogP contribution >= 0.6 is 15.6 Å². The minimum Gasteiger partial charge on any atom is -0.462 e. The molecule has 0 aliphatic carbocycles. The average molecular weight is 1580 g/mol. The van der Waals surface area contributed by atoms with Gasteiger partial charge in [-0.25, -0.2) is 9.13 Å². The van der Waals surface area contributed by atoms with Crippen molar-refractivity contribution in [3.05, 3.63) is 182 Å². The van der Waals surface area contributed by atoms with Crippen molar-refractivity contribution < 1.29 is 80.2 Å². The van der Waals surface area contributed by atoms with E-state index in [0.717, 1.165) is 186 Å². The van der Waals surface area contributed by atoms with Crippen LogP contribution < -0.4 is 0 Å². The molecule has 624 valence electrons. The van der Waals surface area contributed by atoms with Crippen molar-refractivity contribution in [1.29, 1.82) is 0 Å². The van der Waals surface area contributed by atoms with Crippen molar-refractivity contribution >= 4 is 39.5 Å². The van der Waals surface area contributed by atoms with Crippen LogP contribution in [0.3, 0.4) is 0 Å². The molecular formula is C91H148O17P2. The van der Waals surface area contributed by atoms with Crippen LogP contribution in [0.4, 0.5) is 0 Å². The Morgan fingerprint density at radius 2 is 0.491 bits per heavy atom. The highest BCUT2D eigenvalue weighted by Crippen LogP contribution is 2.45. The highest BCUT2D eigenvalue weighted by atomic mass is 31.2. The standard InChI is InChI=1S/C91H148O17P2/c1-5-9-13-17-21-25-29-33-37-40-42-45-48-51-55-59-63-67-71-75-88(93)101-81-86(107-90(95)77-73-69-65-61-57-53-47-36-32-28-24-20-16-12-8-4)83-105-109(97,98)103-79-85(92)80-104-110(99,100)106-84-87(108-91(96)78-74-70-66-62-58-54-50-44-39-35-31-27-23-19-15-11-7-3)82-102-89(94)76-72-68-64-60-56-52-49-46-43-41-38-34-30-26-22-18-14-10-6-2/h9-11,13-15,21-23,25-27,33-39,42-43,45-47,50-51,54-55,63,67,85-87,92H,5-8,12,16-20,24,28-32,40-41,44,48-49,52-53,56-62,64-66,68-84H2,1-4H3,(H,97,98)(H,99,100)/b13-9-,14-10-,15-11-,25-21-,26-22-,27-23-,37-33-,38-34-,39-35-,45-42-,46-43-,47-36-,54-50-,55-51-,67-63-. The molecule has 0 aromatic rings. The molecule has 0 fully saturated rings. The lowest BCUT2D eigenvalue weighted by Gasteiger charge is -2.21. The van der Waals surface area contributed by atoms with Crippen molar-refractivity contribution in [2.45, 2.75) is 329 Å². The van der Waals surface area contributed by atoms with Crippen LogP contribution in [0.1, 0.15) is 310 Å². The Morgan fingerprint density at radius 1 is 0.264 bits per heavy atom. The molecule has 5 unspecified atom stereocenters. The van der Waals surface area contributed by atoms with Crippen LogP contribution in [0.2, 0.25) is 0 Å². The third-order valence-corrected chi connectivity index (χ3v) is 18.8. The van der Waals surface area contributed by atoms with Crippen molar-refractivity contribution in [2.75, 3.05) is 39.6 Å². The molecule has 0 aliphatic rings. The Hall–Kier alpha value is -5.84. The van der Waals surface area contributed by atoms with Gasteiger partial charge >= 0.3 is 39.5 Å². The molecule has 0 radical (unpaired) electrons. The summed E-state index contributed by atoms with van der Waals surface area (Å²) in [4.78, 5) is 73.2. The summed E-state index contributed by atoms with van der Waals surface area (Å²) in [6.07, 6.45) is 98.7. The van der Waals surface area contributed by atoms with Gasteiger partial charge < -0.3 is 33.8 Å². The van der Waals surface area contributed by atoms with E-state index in [4.69, 9.17) is 37.0 Å². The molecule has 19 heteroatoms. The Bertz CT molecular complexity index is 2800. The van der Waals surface area contributed by atoms with Crippen molar-refractivity contribution in [2.24, 2.45) is 0 Å². The van der Waals surface area contributed by atoms with Gasteiger partial charge in [0.15, 0.2) is 12.2 Å². The van der Waals surface area contributed by atoms with E-state index in [0.29, 0.717) is 32.1 Å². The molecule has 0 heterocycles. The first-order chi connectivity index (χ1) is 53.7. The van der Waals surface area contributed by atoms with Crippen molar-refractivity contribution in [3.63, 3.8) is 0 Å². The van der Waals surface area contributed by atoms with Crippen LogP contribution in [-0.4, -0.2) is 96.7 Å². The summed E-state index contributed by atoms with van der Waals surface area (Å²) in [5.74, 6) is -2.33. The van der Waals surface area contributed by atoms with Gasteiger partial charge in [0.25, 0.3) is 0 Å². The van der Waals surface area contributed by atoms with Crippen LogP contribution in [-0.2, 0) is 65.4 Å². The van der Waals surface area contributed by atoms with Gasteiger partial charge in [0.2, 0.25) is 0 Å². The summed E-state index contributed by atoms with van der Waals surface area (Å²) < 4.78 is 68.7. The fraction of sp³-hybridized carbons (Fsp3) is 0.626. The molecule has 0 amide bonds. The molecule has 5 atom stereocenters. The fourth-order valence-corrected chi connectivity index (χ4v) is 12.2. The first-order valence-corrected chi connectivity index (χ1v) is 45.0. The van der Waals surface area contributed by atoms with E-state index in [1.54, 1.807) is 0 Å². The Morgan fingerprint density at radius 3 is 0.791 bits per heavy atom. The van der Waals surface area contributed by atoms with E-state index in [1.165, 1.54) is 38.5 Å². The summed E-state index contributed by atoms with van der Waals surface area (Å²) in [5, 5.41) is 10.7. The van der Waals surface area contributed by atoms with Gasteiger partial charge in [0.05, 0.1) is 26.4 Å². The number of phosphoric ester groups is 2. The summed E-state index contributed by atoms with van der Waals surface area (Å²) in [5.41, 5.74) is 0. The number of ether oxygens (including phenoxy) is 4. The van der Waals surface area contributed by atoms with Crippen LogP contribution in [0, 0.1) is 0 Å². The number of allylic oxidation sites excluding steroid dienone is 30. The van der Waals surface area contributed by atoms with Crippen LogP contribution in [0.5, 0.6) is 0 Å². The number of hydrogen-bond donors (Lipinski definition) is 3. The lowest BCUT2D eigenvalue weighted by atomic mass is 10.1. The molecule has 0 saturated carbocycles. The first-order valence-electron chi connectivity index (χ1n) is 42.0. The topological polar surface area (TPSA) is 237 Å². The van der Waals surface area contributed by atoms with Gasteiger partial charge in [-0.2, -0.15) is 0 Å². The molecule has 0 rings (SSSR count). The fourth-order valence-electron chi connectivity index (χ4n) is 10.6. The largest absolute Gasteiger partial charge is 0.472 e. The number of esters is 4. The van der Waals surface area contributed by atoms with E-state index >= 15 is 0 Å². The zero-order valence-corrected chi connectivity index (χ0v) is 70.1. The number of aliphatic hydroxyl groups is 1. The highest BCUT2D eigenvalue weighted by Gasteiger charge is 2.30. The Labute approximate surface area is 666 Å². The number of phosphoric acid groups is 2. The maximum absolute atomic E-state index is 13.1. The predicted molar refractivity (Wildman–Crippen MR) is 454 cm³/mol. The first kappa shape index (κ1) is 104. The minimum absolute atomic E-state index is 0.0286. The second-order valence-electron chi connectivity index (χ2n) is 27.3. The lowest BCUT2D eigenvalue weighted by molar-refractivity contribution is -0.161. The molecule has 0 aliphatic heterocycles. The molecule has 0 bridgehead atoms. The molecule has 0 spiro atoms. The van der Waals surface area contributed by atoms with Gasteiger partial charge in [-0.15, -0.1) is 0 Å². The SMILES string of the molecule is CC/C=C\C/C=C\C/C=C\C/C=C\C/C=C\C/C=C\CCC(=O)OCC(COP(=O)(O)OCC(O)COP(=O)(O)OCC(COC(=O)CCCCCCCC/C=C\C/C=C\C/C=C\C/C=C\CC)OC(=O)CCCCCC/C=C\C/C=C\C/C=C\C/C=C\CC)OC(=O)CCCCCCC/C=C\CCCCCCCC. The highest BCUT2D eigenvalue weighted by molar-refractivity contribution is 7.47. The smallest absolute Gasteiger partial charge is 0.462 e. The van der Waals surface area contributed by atoms with Crippen molar-refractivity contribution in [3.8, 4) is 0 Å². The van der Waals surface area contributed by atoms with Crippen molar-refractivity contribution in [1.82, 2.24) is 0 Å². The molecule has 17 nitrogen and oxygen atoms in total. The van der Waals surface area contributed by atoms with Gasteiger partial charge in [-0.3, -0.25) is 37.3 Å². The second-order valence-corrected chi connectivity index (χ2v) is 30.2. The number of aliphatic hydroxyl groups excluding tert-OH is 1. The average Bonchev–Trinajstić information content (AvgIpc) is 0.899. The molecule has 0 aromatic heterocycles. The van der Waals surface area contributed by atoms with Gasteiger partial charge in [0.1, 0.15) is 19.3 Å². The summed E-state index contributed by atoms with van der Waals surface area (Å²) in [7, 11) is -10.0. The Kier molecular flexibility index (Phi) is 76.9. The Balaban J connectivity index is 5.49. The van der Waals surface area contributed by atoms with Crippen LogP contribution in [0.25, 0.3) is 0 Å². The maximum Gasteiger partial charge on any atom is 0.472 e. The summed E-state index contributed by atoms with van der Waals surface area (Å²) in [6.45, 7) is 4.39. The minimum atomic E-state index is -5.01. The molecular weight excluding hydrogens is 1430 g/mol. The zero-order chi connectivity index (χ0) is 80.3. The maximum atomic E-state index is 13.1. The van der Waals surface area contributed by atoms with Crippen LogP contribution in [0.15, 0.2) is 182 Å². The van der Waals surface area contributed by atoms with E-state index in [1.807, 2.05) is 18.2 Å². The van der Waals surface area contributed by atoms with E-state index in [2.05, 4.69) is 192 Å². The number of hydrogen-bond acceptors (Lipinski definition) is 15. The lowest BCUT2D eigenvalue weighted by Crippen LogP contribution is -2.30. The summed E-state index contributed by atoms with van der Waals surface area (Å²) in [6, 6.07) is 0. The normalized spacial score (nSPS) is 14.7. The molecule has 3 N–H and O–H groups in total. The van der Waals surface area contributed by atoms with E-state index in [9.17, 15) is 43.2 Å².